The Labute approximate surface area is 131 Å². The molecule has 0 aromatic heterocycles. The number of rotatable bonds is 6. The summed E-state index contributed by atoms with van der Waals surface area (Å²) >= 11 is 0. The number of halogens is 1. The molecule has 2 aromatic carbocycles. The smallest absolute Gasteiger partial charge is 0.242 e. The second kappa shape index (κ2) is 7.59. The first-order chi connectivity index (χ1) is 10.6. The predicted molar refractivity (Wildman–Crippen MR) is 87.2 cm³/mol. The number of nitrogens with zero attached hydrogens (tertiary/aromatic N) is 2. The van der Waals surface area contributed by atoms with E-state index in [9.17, 15) is 9.18 Å². The molecule has 2 aromatic rings. The van der Waals surface area contributed by atoms with Gasteiger partial charge in [0.05, 0.1) is 6.54 Å². The Balaban J connectivity index is 2.00. The largest absolute Gasteiger partial charge is 0.362 e. The monoisotopic (exact) mass is 300 g/mol. The van der Waals surface area contributed by atoms with E-state index >= 15 is 0 Å². The minimum absolute atomic E-state index is 0.0334. The lowest BCUT2D eigenvalue weighted by molar-refractivity contribution is -0.129. The van der Waals surface area contributed by atoms with Crippen molar-refractivity contribution in [1.82, 2.24) is 4.90 Å². The van der Waals surface area contributed by atoms with Crippen LogP contribution in [0.25, 0.3) is 0 Å². The first-order valence-electron chi connectivity index (χ1n) is 7.39. The van der Waals surface area contributed by atoms with E-state index in [-0.39, 0.29) is 24.8 Å². The van der Waals surface area contributed by atoms with E-state index in [0.29, 0.717) is 5.56 Å². The van der Waals surface area contributed by atoms with Crippen molar-refractivity contribution in [1.29, 1.82) is 0 Å². The van der Waals surface area contributed by atoms with Crippen LogP contribution in [-0.2, 0) is 11.3 Å². The van der Waals surface area contributed by atoms with Gasteiger partial charge in [-0.3, -0.25) is 4.79 Å². The van der Waals surface area contributed by atoms with Crippen molar-refractivity contribution in [2.75, 3.05) is 25.0 Å². The fourth-order valence-corrected chi connectivity index (χ4v) is 2.28. The van der Waals surface area contributed by atoms with E-state index in [2.05, 4.69) is 0 Å². The Morgan fingerprint density at radius 3 is 2.32 bits per heavy atom. The quantitative estimate of drug-likeness (QED) is 0.817. The Hall–Kier alpha value is -2.36. The summed E-state index contributed by atoms with van der Waals surface area (Å²) < 4.78 is 13.7. The van der Waals surface area contributed by atoms with Gasteiger partial charge in [-0.15, -0.1) is 0 Å². The molecule has 2 rings (SSSR count). The van der Waals surface area contributed by atoms with E-state index in [0.717, 1.165) is 12.2 Å². The number of benzene rings is 2. The van der Waals surface area contributed by atoms with Gasteiger partial charge in [-0.05, 0) is 25.1 Å². The number of para-hydroxylation sites is 1. The summed E-state index contributed by atoms with van der Waals surface area (Å²) in [5.74, 6) is -0.313. The summed E-state index contributed by atoms with van der Waals surface area (Å²) in [6.45, 7) is 3.31. The predicted octanol–water partition coefficient (Wildman–Crippen LogP) is 3.31. The zero-order chi connectivity index (χ0) is 15.9. The molecule has 3 nitrogen and oxygen atoms in total. The molecule has 0 aliphatic heterocycles. The zero-order valence-corrected chi connectivity index (χ0v) is 13.0. The van der Waals surface area contributed by atoms with Crippen LogP contribution < -0.4 is 4.90 Å². The molecule has 22 heavy (non-hydrogen) atoms. The van der Waals surface area contributed by atoms with Crippen molar-refractivity contribution in [3.63, 3.8) is 0 Å². The molecule has 0 unspecified atom stereocenters. The summed E-state index contributed by atoms with van der Waals surface area (Å²) in [7, 11) is 1.70. The number of hydrogen-bond acceptors (Lipinski definition) is 2. The molecule has 0 fully saturated rings. The highest BCUT2D eigenvalue weighted by Crippen LogP contribution is 2.14. The SMILES string of the molecule is CCN(CC(=O)N(C)Cc1ccccc1F)c1ccccc1. The number of amides is 1. The van der Waals surface area contributed by atoms with Gasteiger partial charge in [0.1, 0.15) is 5.82 Å². The maximum Gasteiger partial charge on any atom is 0.242 e. The van der Waals surface area contributed by atoms with Crippen LogP contribution >= 0.6 is 0 Å². The average Bonchev–Trinajstić information content (AvgIpc) is 2.55. The Morgan fingerprint density at radius 1 is 1.05 bits per heavy atom. The van der Waals surface area contributed by atoms with Gasteiger partial charge in [-0.1, -0.05) is 36.4 Å². The number of carbonyl (C=O) groups is 1. The van der Waals surface area contributed by atoms with E-state index in [1.54, 1.807) is 30.1 Å². The van der Waals surface area contributed by atoms with Crippen molar-refractivity contribution in [3.05, 3.63) is 66.0 Å². The molecule has 1 amide bonds. The fourth-order valence-electron chi connectivity index (χ4n) is 2.28. The maximum absolute atomic E-state index is 13.7. The van der Waals surface area contributed by atoms with Crippen LogP contribution in [0.2, 0.25) is 0 Å². The standard InChI is InChI=1S/C18H21FN2O/c1-3-21(16-10-5-4-6-11-16)14-18(22)20(2)13-15-9-7-8-12-17(15)19/h4-12H,3,13-14H2,1-2H3. The lowest BCUT2D eigenvalue weighted by atomic mass is 10.2. The van der Waals surface area contributed by atoms with E-state index in [4.69, 9.17) is 0 Å². The maximum atomic E-state index is 13.7. The molecule has 0 aliphatic rings. The highest BCUT2D eigenvalue weighted by atomic mass is 19.1. The molecule has 116 valence electrons. The number of carbonyl (C=O) groups excluding carboxylic acids is 1. The molecule has 0 heterocycles. The van der Waals surface area contributed by atoms with Gasteiger partial charge in [0, 0.05) is 31.4 Å². The zero-order valence-electron chi connectivity index (χ0n) is 13.0. The fraction of sp³-hybridized carbons (Fsp3) is 0.278. The molecule has 0 atom stereocenters. The highest BCUT2D eigenvalue weighted by Gasteiger charge is 2.15. The van der Waals surface area contributed by atoms with Crippen LogP contribution in [0.15, 0.2) is 54.6 Å². The third-order valence-electron chi connectivity index (χ3n) is 3.62. The normalized spacial score (nSPS) is 10.3. The molecule has 0 bridgehead atoms. The second-order valence-electron chi connectivity index (χ2n) is 5.19. The van der Waals surface area contributed by atoms with Gasteiger partial charge in [-0.2, -0.15) is 0 Å². The molecule has 0 saturated heterocycles. The molecular weight excluding hydrogens is 279 g/mol. The highest BCUT2D eigenvalue weighted by molar-refractivity contribution is 5.81. The number of hydrogen-bond donors (Lipinski definition) is 0. The summed E-state index contributed by atoms with van der Waals surface area (Å²) in [4.78, 5) is 15.9. The van der Waals surface area contributed by atoms with Crippen LogP contribution in [0.3, 0.4) is 0 Å². The van der Waals surface area contributed by atoms with Crippen LogP contribution in [0.1, 0.15) is 12.5 Å². The van der Waals surface area contributed by atoms with Gasteiger partial charge >= 0.3 is 0 Å². The number of anilines is 1. The lowest BCUT2D eigenvalue weighted by Crippen LogP contribution is -2.38. The first kappa shape index (κ1) is 16.0. The van der Waals surface area contributed by atoms with Gasteiger partial charge in [0.15, 0.2) is 0 Å². The Bertz CT molecular complexity index is 615. The molecule has 4 heteroatoms. The van der Waals surface area contributed by atoms with Crippen molar-refractivity contribution >= 4 is 11.6 Å². The van der Waals surface area contributed by atoms with E-state index in [1.165, 1.54) is 6.07 Å². The van der Waals surface area contributed by atoms with Crippen LogP contribution in [0, 0.1) is 5.82 Å². The molecule has 0 radical (unpaired) electrons. The third kappa shape index (κ3) is 4.07. The number of likely N-dealkylation sites (N-methyl/N-ethyl adjacent to an activating group) is 2. The van der Waals surface area contributed by atoms with E-state index < -0.39 is 0 Å². The van der Waals surface area contributed by atoms with E-state index in [1.807, 2.05) is 42.2 Å². The van der Waals surface area contributed by atoms with Gasteiger partial charge in [-0.25, -0.2) is 4.39 Å². The Kier molecular flexibility index (Phi) is 5.53. The van der Waals surface area contributed by atoms with Gasteiger partial charge in [0.25, 0.3) is 0 Å². The van der Waals surface area contributed by atoms with Gasteiger partial charge < -0.3 is 9.80 Å². The Morgan fingerprint density at radius 2 is 1.68 bits per heavy atom. The summed E-state index contributed by atoms with van der Waals surface area (Å²) in [6, 6.07) is 16.3. The molecular formula is C18H21FN2O. The minimum atomic E-state index is -0.280. The van der Waals surface area contributed by atoms with Crippen molar-refractivity contribution in [3.8, 4) is 0 Å². The summed E-state index contributed by atoms with van der Waals surface area (Å²) in [6.07, 6.45) is 0. The average molecular weight is 300 g/mol. The van der Waals surface area contributed by atoms with Crippen LogP contribution in [-0.4, -0.2) is 30.9 Å². The lowest BCUT2D eigenvalue weighted by Gasteiger charge is -2.26. The van der Waals surface area contributed by atoms with Gasteiger partial charge in [0.2, 0.25) is 5.91 Å². The molecule has 0 spiro atoms. The molecule has 0 saturated carbocycles. The van der Waals surface area contributed by atoms with Crippen LogP contribution in [0.4, 0.5) is 10.1 Å². The molecule has 0 N–H and O–H groups in total. The molecule has 0 aliphatic carbocycles. The third-order valence-corrected chi connectivity index (χ3v) is 3.62. The topological polar surface area (TPSA) is 23.6 Å². The summed E-state index contributed by atoms with van der Waals surface area (Å²) in [5.41, 5.74) is 1.54. The van der Waals surface area contributed by atoms with Crippen molar-refractivity contribution in [2.24, 2.45) is 0 Å². The van der Waals surface area contributed by atoms with Crippen molar-refractivity contribution in [2.45, 2.75) is 13.5 Å². The second-order valence-corrected chi connectivity index (χ2v) is 5.19. The van der Waals surface area contributed by atoms with Crippen molar-refractivity contribution < 1.29 is 9.18 Å². The first-order valence-corrected chi connectivity index (χ1v) is 7.39. The minimum Gasteiger partial charge on any atom is -0.362 e. The van der Waals surface area contributed by atoms with Crippen LogP contribution in [0.5, 0.6) is 0 Å². The summed E-state index contributed by atoms with van der Waals surface area (Å²) in [5, 5.41) is 0.